The fraction of sp³-hybridized carbons (Fsp3) is 0. The number of hydrazone groups is 1. The summed E-state index contributed by atoms with van der Waals surface area (Å²) in [5.74, 6) is 0.124. The molecule has 0 fully saturated rings. The first-order chi connectivity index (χ1) is 12.2. The summed E-state index contributed by atoms with van der Waals surface area (Å²) in [7, 11) is 0. The summed E-state index contributed by atoms with van der Waals surface area (Å²) in [5, 5.41) is 16.7. The van der Waals surface area contributed by atoms with Crippen molar-refractivity contribution >= 4 is 45.3 Å². The summed E-state index contributed by atoms with van der Waals surface area (Å²) in [4.78, 5) is 4.68. The third-order valence-electron chi connectivity index (χ3n) is 3.96. The maximum atomic E-state index is 9.89. The minimum Gasteiger partial charge on any atom is -0.507 e. The number of rotatable bonds is 3. The van der Waals surface area contributed by atoms with Gasteiger partial charge >= 0.3 is 0 Å². The van der Waals surface area contributed by atoms with E-state index in [1.165, 1.54) is 0 Å². The zero-order valence-corrected chi connectivity index (χ0v) is 13.9. The smallest absolute Gasteiger partial charge is 0.124 e. The second-order valence-electron chi connectivity index (χ2n) is 5.59. The zero-order chi connectivity index (χ0) is 17.2. The molecule has 1 aromatic heterocycles. The first-order valence-electron chi connectivity index (χ1n) is 7.77. The topological polar surface area (TPSA) is 57.5 Å². The number of phenols is 1. The van der Waals surface area contributed by atoms with Crippen LogP contribution >= 0.6 is 11.6 Å². The Morgan fingerprint density at radius 3 is 2.24 bits per heavy atom. The molecule has 5 heteroatoms. The summed E-state index contributed by atoms with van der Waals surface area (Å²) >= 11 is 5.97. The molecule has 1 heterocycles. The van der Waals surface area contributed by atoms with Crippen molar-refractivity contribution in [1.29, 1.82) is 0 Å². The number of phenolic OH excluding ortho intramolecular Hbond substituents is 1. The molecule has 0 unspecified atom stereocenters. The van der Waals surface area contributed by atoms with Gasteiger partial charge in [-0.15, -0.1) is 0 Å². The van der Waals surface area contributed by atoms with E-state index in [0.29, 0.717) is 10.6 Å². The van der Waals surface area contributed by atoms with E-state index in [1.807, 2.05) is 48.5 Å². The van der Waals surface area contributed by atoms with E-state index in [4.69, 9.17) is 11.6 Å². The van der Waals surface area contributed by atoms with Crippen LogP contribution in [0, 0.1) is 0 Å². The molecule has 25 heavy (non-hydrogen) atoms. The minimum absolute atomic E-state index is 0.124. The Kier molecular flexibility index (Phi) is 3.96. The standard InChI is InChI=1S/C20H14ClN3O/c21-14-9-10-19(25)13(11-14)12-22-24-20-15-5-1-3-7-17(15)23-18-8-4-2-6-16(18)20/h1-12,25H,(H,23,24). The molecule has 0 amide bonds. The highest BCUT2D eigenvalue weighted by atomic mass is 35.5. The van der Waals surface area contributed by atoms with E-state index in [2.05, 4.69) is 15.5 Å². The lowest BCUT2D eigenvalue weighted by Gasteiger charge is -2.10. The number of hydrogen-bond donors (Lipinski definition) is 2. The van der Waals surface area contributed by atoms with Gasteiger partial charge < -0.3 is 5.11 Å². The maximum absolute atomic E-state index is 9.89. The van der Waals surface area contributed by atoms with Crippen LogP contribution in [0.25, 0.3) is 21.8 Å². The SMILES string of the molecule is Oc1ccc(Cl)cc1C=NNc1c2ccccc2nc2ccccc12. The summed E-state index contributed by atoms with van der Waals surface area (Å²) in [5.41, 5.74) is 6.31. The van der Waals surface area contributed by atoms with Crippen LogP contribution in [0.3, 0.4) is 0 Å². The minimum atomic E-state index is 0.124. The van der Waals surface area contributed by atoms with Crippen molar-refractivity contribution in [2.75, 3.05) is 5.43 Å². The van der Waals surface area contributed by atoms with Crippen LogP contribution in [0.5, 0.6) is 5.75 Å². The first-order valence-corrected chi connectivity index (χ1v) is 8.15. The van der Waals surface area contributed by atoms with Crippen LogP contribution in [0.4, 0.5) is 5.69 Å². The van der Waals surface area contributed by atoms with Crippen molar-refractivity contribution in [3.05, 3.63) is 77.3 Å². The molecule has 2 N–H and O–H groups in total. The van der Waals surface area contributed by atoms with E-state index in [0.717, 1.165) is 27.5 Å². The molecular formula is C20H14ClN3O. The number of fused-ring (bicyclic) bond motifs is 2. The molecule has 4 nitrogen and oxygen atoms in total. The number of hydrogen-bond acceptors (Lipinski definition) is 4. The van der Waals surface area contributed by atoms with E-state index >= 15 is 0 Å². The Bertz CT molecular complexity index is 1050. The summed E-state index contributed by atoms with van der Waals surface area (Å²) in [6, 6.07) is 20.6. The number of aromatic hydroxyl groups is 1. The van der Waals surface area contributed by atoms with Gasteiger partial charge in [0, 0.05) is 21.4 Å². The molecule has 0 atom stereocenters. The highest BCUT2D eigenvalue weighted by Gasteiger charge is 2.07. The third kappa shape index (κ3) is 2.99. The molecule has 0 aliphatic carbocycles. The Labute approximate surface area is 149 Å². The van der Waals surface area contributed by atoms with Gasteiger partial charge in [-0.05, 0) is 30.3 Å². The fourth-order valence-electron chi connectivity index (χ4n) is 2.76. The Morgan fingerprint density at radius 1 is 0.920 bits per heavy atom. The Morgan fingerprint density at radius 2 is 1.56 bits per heavy atom. The van der Waals surface area contributed by atoms with E-state index in [-0.39, 0.29) is 5.75 Å². The van der Waals surface area contributed by atoms with Crippen molar-refractivity contribution in [1.82, 2.24) is 4.98 Å². The van der Waals surface area contributed by atoms with E-state index in [1.54, 1.807) is 24.4 Å². The second kappa shape index (κ2) is 6.42. The molecule has 0 bridgehead atoms. The van der Waals surface area contributed by atoms with E-state index < -0.39 is 0 Å². The molecule has 0 radical (unpaired) electrons. The summed E-state index contributed by atoms with van der Waals surface area (Å²) in [6.07, 6.45) is 1.55. The van der Waals surface area contributed by atoms with Crippen molar-refractivity contribution in [3.8, 4) is 5.75 Å². The van der Waals surface area contributed by atoms with Gasteiger partial charge in [-0.2, -0.15) is 5.10 Å². The molecule has 0 aliphatic heterocycles. The average Bonchev–Trinajstić information content (AvgIpc) is 2.64. The number of pyridine rings is 1. The van der Waals surface area contributed by atoms with Crippen molar-refractivity contribution in [3.63, 3.8) is 0 Å². The van der Waals surface area contributed by atoms with Gasteiger partial charge in [-0.3, -0.25) is 5.43 Å². The molecule has 0 saturated heterocycles. The van der Waals surface area contributed by atoms with Crippen LogP contribution in [-0.4, -0.2) is 16.3 Å². The van der Waals surface area contributed by atoms with Crippen LogP contribution < -0.4 is 5.43 Å². The van der Waals surface area contributed by atoms with Gasteiger partial charge in [-0.1, -0.05) is 48.0 Å². The van der Waals surface area contributed by atoms with Crippen molar-refractivity contribution in [2.24, 2.45) is 5.10 Å². The van der Waals surface area contributed by atoms with Gasteiger partial charge in [0.05, 0.1) is 22.9 Å². The fourth-order valence-corrected chi connectivity index (χ4v) is 2.94. The number of nitrogens with one attached hydrogen (secondary N) is 1. The molecule has 0 spiro atoms. The van der Waals surface area contributed by atoms with Crippen LogP contribution in [0.15, 0.2) is 71.8 Å². The number of benzene rings is 3. The predicted molar refractivity (Wildman–Crippen MR) is 104 cm³/mol. The van der Waals surface area contributed by atoms with Gasteiger partial charge in [-0.25, -0.2) is 4.98 Å². The van der Waals surface area contributed by atoms with Crippen LogP contribution in [0.2, 0.25) is 5.02 Å². The van der Waals surface area contributed by atoms with Gasteiger partial charge in [0.2, 0.25) is 0 Å². The highest BCUT2D eigenvalue weighted by Crippen LogP contribution is 2.30. The molecule has 0 saturated carbocycles. The average molecular weight is 348 g/mol. The van der Waals surface area contributed by atoms with Crippen LogP contribution in [-0.2, 0) is 0 Å². The number of aromatic nitrogens is 1. The lowest BCUT2D eigenvalue weighted by molar-refractivity contribution is 0.474. The maximum Gasteiger partial charge on any atom is 0.124 e. The first kappa shape index (κ1) is 15.4. The van der Waals surface area contributed by atoms with Crippen LogP contribution in [0.1, 0.15) is 5.56 Å². The number of halogens is 1. The third-order valence-corrected chi connectivity index (χ3v) is 4.19. The van der Waals surface area contributed by atoms with Crippen molar-refractivity contribution in [2.45, 2.75) is 0 Å². The second-order valence-corrected chi connectivity index (χ2v) is 6.03. The quantitative estimate of drug-likeness (QED) is 0.304. The van der Waals surface area contributed by atoms with Gasteiger partial charge in [0.15, 0.2) is 0 Å². The van der Waals surface area contributed by atoms with Gasteiger partial charge in [0.1, 0.15) is 5.75 Å². The van der Waals surface area contributed by atoms with E-state index in [9.17, 15) is 5.11 Å². The summed E-state index contributed by atoms with van der Waals surface area (Å²) in [6.45, 7) is 0. The largest absolute Gasteiger partial charge is 0.507 e. The molecular weight excluding hydrogens is 334 g/mol. The normalized spacial score (nSPS) is 11.4. The molecule has 0 aliphatic rings. The zero-order valence-electron chi connectivity index (χ0n) is 13.1. The Hall–Kier alpha value is -3.11. The highest BCUT2D eigenvalue weighted by molar-refractivity contribution is 6.30. The predicted octanol–water partition coefficient (Wildman–Crippen LogP) is 5.19. The lowest BCUT2D eigenvalue weighted by Crippen LogP contribution is -1.95. The lowest BCUT2D eigenvalue weighted by atomic mass is 10.1. The number of para-hydroxylation sites is 2. The number of anilines is 1. The monoisotopic (exact) mass is 347 g/mol. The van der Waals surface area contributed by atoms with Crippen molar-refractivity contribution < 1.29 is 5.11 Å². The molecule has 3 aromatic carbocycles. The summed E-state index contributed by atoms with van der Waals surface area (Å²) < 4.78 is 0. The number of nitrogens with zero attached hydrogens (tertiary/aromatic N) is 2. The Balaban J connectivity index is 1.79. The molecule has 122 valence electrons. The molecule has 4 rings (SSSR count). The van der Waals surface area contributed by atoms with Gasteiger partial charge in [0.25, 0.3) is 0 Å². The molecule has 4 aromatic rings.